The van der Waals surface area contributed by atoms with Crippen LogP contribution in [0.5, 0.6) is 0 Å². The first-order valence-electron chi connectivity index (χ1n) is 8.89. The molecule has 0 aromatic carbocycles. The van der Waals surface area contributed by atoms with Gasteiger partial charge in [0.05, 0.1) is 17.6 Å². The van der Waals surface area contributed by atoms with Gasteiger partial charge in [0.1, 0.15) is 0 Å². The van der Waals surface area contributed by atoms with Crippen molar-refractivity contribution < 1.29 is 8.42 Å². The molecule has 1 aliphatic heterocycles. The molecule has 7 heteroatoms. The minimum atomic E-state index is -3.09. The summed E-state index contributed by atoms with van der Waals surface area (Å²) < 4.78 is 27.1. The van der Waals surface area contributed by atoms with E-state index in [1.165, 1.54) is 6.26 Å². The van der Waals surface area contributed by atoms with Crippen LogP contribution in [-0.4, -0.2) is 46.8 Å². The predicted octanol–water partition coefficient (Wildman–Crippen LogP) is 2.57. The number of nitrogens with zero attached hydrogens (tertiary/aromatic N) is 4. The maximum Gasteiger partial charge on any atom is 0.211 e. The maximum atomic E-state index is 11.8. The van der Waals surface area contributed by atoms with E-state index in [0.717, 1.165) is 49.2 Å². The predicted molar refractivity (Wildman–Crippen MR) is 98.6 cm³/mol. The lowest BCUT2D eigenvalue weighted by Gasteiger charge is -2.30. The third-order valence-electron chi connectivity index (χ3n) is 4.71. The van der Waals surface area contributed by atoms with Crippen LogP contribution in [0.15, 0.2) is 30.6 Å². The molecule has 1 saturated heterocycles. The van der Waals surface area contributed by atoms with Crippen molar-refractivity contribution in [3.8, 4) is 11.4 Å². The summed E-state index contributed by atoms with van der Waals surface area (Å²) >= 11 is 0. The fourth-order valence-corrected chi connectivity index (χ4v) is 4.41. The molecule has 2 aromatic rings. The van der Waals surface area contributed by atoms with Crippen molar-refractivity contribution in [2.24, 2.45) is 5.92 Å². The summed E-state index contributed by atoms with van der Waals surface area (Å²) in [6.07, 6.45) is 8.92. The zero-order valence-electron chi connectivity index (χ0n) is 14.9. The number of sulfonamides is 1. The first-order chi connectivity index (χ1) is 12.0. The van der Waals surface area contributed by atoms with Gasteiger partial charge in [-0.15, -0.1) is 0 Å². The lowest BCUT2D eigenvalue weighted by atomic mass is 9.93. The van der Waals surface area contributed by atoms with E-state index in [9.17, 15) is 8.42 Å². The second kappa shape index (κ2) is 7.66. The van der Waals surface area contributed by atoms with Crippen molar-refractivity contribution in [1.82, 2.24) is 19.1 Å². The Hall–Kier alpha value is -1.73. The molecule has 6 nitrogen and oxygen atoms in total. The van der Waals surface area contributed by atoms with Crippen molar-refractivity contribution in [1.29, 1.82) is 0 Å². The number of hydrogen-bond donors (Lipinski definition) is 0. The van der Waals surface area contributed by atoms with E-state index in [4.69, 9.17) is 0 Å². The molecule has 1 unspecified atom stereocenters. The summed E-state index contributed by atoms with van der Waals surface area (Å²) in [6, 6.07) is 6.13. The highest BCUT2D eigenvalue weighted by Gasteiger charge is 2.25. The molecule has 0 saturated carbocycles. The lowest BCUT2D eigenvalue weighted by Crippen LogP contribution is -2.39. The zero-order chi connectivity index (χ0) is 17.9. The molecule has 0 bridgehead atoms. The Morgan fingerprint density at radius 3 is 2.80 bits per heavy atom. The lowest BCUT2D eigenvalue weighted by molar-refractivity contribution is 0.266. The van der Waals surface area contributed by atoms with E-state index < -0.39 is 10.0 Å². The second-order valence-electron chi connectivity index (χ2n) is 6.82. The number of aromatic nitrogens is 3. The van der Waals surface area contributed by atoms with Crippen LogP contribution in [0.4, 0.5) is 0 Å². The van der Waals surface area contributed by atoms with Crippen molar-refractivity contribution in [3.63, 3.8) is 0 Å². The molecule has 0 amide bonds. The van der Waals surface area contributed by atoms with Crippen molar-refractivity contribution in [2.45, 2.75) is 39.2 Å². The highest BCUT2D eigenvalue weighted by Crippen LogP contribution is 2.23. The molecular weight excluding hydrogens is 336 g/mol. The summed E-state index contributed by atoms with van der Waals surface area (Å²) in [4.78, 5) is 4.60. The van der Waals surface area contributed by atoms with Gasteiger partial charge >= 0.3 is 0 Å². The zero-order valence-corrected chi connectivity index (χ0v) is 15.7. The minimum Gasteiger partial charge on any atom is -0.263 e. The standard InChI is InChI=1S/C18H26N4O2S/c1-3-10-22-18(8-9-20-22)17-7-6-15(13-19-17)12-16-5-4-11-21(14-16)25(2,23)24/h6-9,13,16H,3-5,10-12,14H2,1-2H3. The van der Waals surface area contributed by atoms with Crippen LogP contribution in [0.2, 0.25) is 0 Å². The minimum absolute atomic E-state index is 0.363. The van der Waals surface area contributed by atoms with Crippen molar-refractivity contribution in [3.05, 3.63) is 36.2 Å². The summed E-state index contributed by atoms with van der Waals surface area (Å²) in [7, 11) is -3.09. The van der Waals surface area contributed by atoms with E-state index in [-0.39, 0.29) is 0 Å². The monoisotopic (exact) mass is 362 g/mol. The number of rotatable bonds is 6. The summed E-state index contributed by atoms with van der Waals surface area (Å²) in [6.45, 7) is 4.28. The molecular formula is C18H26N4O2S. The molecule has 2 aromatic heterocycles. The van der Waals surface area contributed by atoms with Crippen LogP contribution in [-0.2, 0) is 23.0 Å². The Labute approximate surface area is 149 Å². The number of pyridine rings is 1. The molecule has 0 N–H and O–H groups in total. The van der Waals surface area contributed by atoms with E-state index in [2.05, 4.69) is 23.1 Å². The molecule has 3 rings (SSSR count). The third kappa shape index (κ3) is 4.46. The van der Waals surface area contributed by atoms with Gasteiger partial charge in [0.15, 0.2) is 0 Å². The quantitative estimate of drug-likeness (QED) is 0.792. The first-order valence-corrected chi connectivity index (χ1v) is 10.7. The number of aryl methyl sites for hydroxylation is 1. The largest absolute Gasteiger partial charge is 0.263 e. The molecule has 0 aliphatic carbocycles. The smallest absolute Gasteiger partial charge is 0.211 e. The van der Waals surface area contributed by atoms with E-state index >= 15 is 0 Å². The van der Waals surface area contributed by atoms with Gasteiger partial charge in [-0.05, 0) is 49.3 Å². The van der Waals surface area contributed by atoms with Crippen LogP contribution in [0.1, 0.15) is 31.7 Å². The average Bonchev–Trinajstić information content (AvgIpc) is 3.04. The van der Waals surface area contributed by atoms with Crippen LogP contribution in [0, 0.1) is 5.92 Å². The first kappa shape index (κ1) is 18.1. The summed E-state index contributed by atoms with van der Waals surface area (Å²) in [5.74, 6) is 0.363. The number of hydrogen-bond acceptors (Lipinski definition) is 4. The molecule has 0 radical (unpaired) electrons. The molecule has 1 fully saturated rings. The highest BCUT2D eigenvalue weighted by molar-refractivity contribution is 7.88. The topological polar surface area (TPSA) is 68.1 Å². The Bertz CT molecular complexity index is 799. The van der Waals surface area contributed by atoms with Gasteiger partial charge in [0.25, 0.3) is 0 Å². The molecule has 3 heterocycles. The van der Waals surface area contributed by atoms with E-state index in [0.29, 0.717) is 19.0 Å². The Kier molecular flexibility index (Phi) is 5.54. The van der Waals surface area contributed by atoms with Gasteiger partial charge in [-0.3, -0.25) is 9.67 Å². The highest BCUT2D eigenvalue weighted by atomic mass is 32.2. The van der Waals surface area contributed by atoms with Crippen LogP contribution in [0.3, 0.4) is 0 Å². The normalized spacial score (nSPS) is 19.2. The van der Waals surface area contributed by atoms with Crippen LogP contribution < -0.4 is 0 Å². The van der Waals surface area contributed by atoms with Crippen molar-refractivity contribution >= 4 is 10.0 Å². The fraction of sp³-hybridized carbons (Fsp3) is 0.556. The summed E-state index contributed by atoms with van der Waals surface area (Å²) in [5, 5.41) is 4.34. The average molecular weight is 362 g/mol. The van der Waals surface area contributed by atoms with E-state index in [1.807, 2.05) is 29.2 Å². The molecule has 136 valence electrons. The Balaban J connectivity index is 1.67. The van der Waals surface area contributed by atoms with Gasteiger partial charge in [-0.1, -0.05) is 13.0 Å². The van der Waals surface area contributed by atoms with Gasteiger partial charge in [-0.2, -0.15) is 5.10 Å². The van der Waals surface area contributed by atoms with Gasteiger partial charge in [0, 0.05) is 32.0 Å². The molecule has 1 aliphatic rings. The van der Waals surface area contributed by atoms with Gasteiger partial charge in [-0.25, -0.2) is 12.7 Å². The third-order valence-corrected chi connectivity index (χ3v) is 5.98. The number of piperidine rings is 1. The molecule has 0 spiro atoms. The van der Waals surface area contributed by atoms with E-state index in [1.54, 1.807) is 4.31 Å². The van der Waals surface area contributed by atoms with Crippen molar-refractivity contribution in [2.75, 3.05) is 19.3 Å². The SMILES string of the molecule is CCCn1nccc1-c1ccc(CC2CCCN(S(C)(=O)=O)C2)cn1. The fourth-order valence-electron chi connectivity index (χ4n) is 3.47. The summed E-state index contributed by atoms with van der Waals surface area (Å²) in [5.41, 5.74) is 3.12. The second-order valence-corrected chi connectivity index (χ2v) is 8.81. The Morgan fingerprint density at radius 2 is 2.12 bits per heavy atom. The maximum absolute atomic E-state index is 11.8. The molecule has 1 atom stereocenters. The van der Waals surface area contributed by atoms with Gasteiger partial charge in [0.2, 0.25) is 10.0 Å². The van der Waals surface area contributed by atoms with Crippen LogP contribution >= 0.6 is 0 Å². The molecule has 25 heavy (non-hydrogen) atoms. The van der Waals surface area contributed by atoms with Crippen LogP contribution in [0.25, 0.3) is 11.4 Å². The van der Waals surface area contributed by atoms with Gasteiger partial charge < -0.3 is 0 Å². The Morgan fingerprint density at radius 1 is 1.28 bits per heavy atom.